The van der Waals surface area contributed by atoms with Crippen LogP contribution in [0.5, 0.6) is 17.2 Å². The average Bonchev–Trinajstić information content (AvgIpc) is 2.68. The number of ether oxygens (including phenoxy) is 3. The maximum absolute atomic E-state index is 12.9. The fourth-order valence-corrected chi connectivity index (χ4v) is 3.90. The molecule has 0 aliphatic rings. The normalized spacial score (nSPS) is 10.6. The monoisotopic (exact) mass is 395 g/mol. The van der Waals surface area contributed by atoms with Crippen LogP contribution in [0.15, 0.2) is 36.4 Å². The van der Waals surface area contributed by atoms with Gasteiger partial charge in [-0.2, -0.15) is 0 Å². The third-order valence-electron chi connectivity index (χ3n) is 4.37. The van der Waals surface area contributed by atoms with Gasteiger partial charge in [0.15, 0.2) is 5.52 Å². The van der Waals surface area contributed by atoms with Gasteiger partial charge in [-0.1, -0.05) is 38.3 Å². The molecule has 0 bridgehead atoms. The summed E-state index contributed by atoms with van der Waals surface area (Å²) in [6.07, 6.45) is 4.74. The molecule has 146 valence electrons. The van der Waals surface area contributed by atoms with Crippen LogP contribution in [0.25, 0.3) is 0 Å². The molecule has 2 rings (SSSR count). The van der Waals surface area contributed by atoms with Crippen LogP contribution in [0.2, 0.25) is 0 Å². The van der Waals surface area contributed by atoms with Crippen LogP contribution in [-0.4, -0.2) is 26.4 Å². The molecule has 4 nitrogen and oxygen atoms in total. The Morgan fingerprint density at radius 2 is 1.68 bits per heavy atom. The predicted octanol–water partition coefficient (Wildman–Crippen LogP) is 2.12. The first-order chi connectivity index (χ1) is 13.1. The van der Waals surface area contributed by atoms with E-state index >= 15 is 0 Å². The van der Waals surface area contributed by atoms with Crippen molar-refractivity contribution in [3.05, 3.63) is 47.5 Å². The van der Waals surface area contributed by atoms with Crippen LogP contribution in [0.4, 0.5) is 0 Å². The van der Waals surface area contributed by atoms with E-state index in [0.29, 0.717) is 17.1 Å². The zero-order valence-electron chi connectivity index (χ0n) is 17.6. The molecular weight excluding hydrogens is 366 g/mol. The smallest absolute Gasteiger partial charge is 0.496 e. The molecule has 0 aliphatic heterocycles. The molecule has 6 heteroatoms. The summed E-state index contributed by atoms with van der Waals surface area (Å²) in [4.78, 5) is 12.9. The number of hydrogen-bond donors (Lipinski definition) is 0. The summed E-state index contributed by atoms with van der Waals surface area (Å²) in [5.41, 5.74) is 1.55. The van der Waals surface area contributed by atoms with Crippen molar-refractivity contribution in [1.82, 2.24) is 0 Å². The summed E-state index contributed by atoms with van der Waals surface area (Å²) in [5, 5.41) is 1.01. The number of aryl methyl sites for hydroxylation is 1. The van der Waals surface area contributed by atoms with Crippen LogP contribution in [0.3, 0.4) is 0 Å². The van der Waals surface area contributed by atoms with Gasteiger partial charge in [0.05, 0.1) is 20.8 Å². The molecule has 0 N–H and O–H groups in total. The van der Waals surface area contributed by atoms with E-state index in [1.54, 1.807) is 26.4 Å². The number of unbranched alkanes of at least 4 members (excludes halogenated alkanes) is 3. The molecule has 0 aliphatic carbocycles. The Kier molecular flexibility index (Phi) is 11.3. The van der Waals surface area contributed by atoms with Crippen molar-refractivity contribution in [2.45, 2.75) is 39.5 Å². The summed E-state index contributed by atoms with van der Waals surface area (Å²) >= 11 is 0. The second-order valence-electron chi connectivity index (χ2n) is 6.38. The maximum atomic E-state index is 12.9. The largest absolute Gasteiger partial charge is 1.00 e. The van der Waals surface area contributed by atoms with Crippen molar-refractivity contribution in [3.63, 3.8) is 0 Å². The number of carbonyl (C=O) groups is 1. The van der Waals surface area contributed by atoms with E-state index in [1.807, 2.05) is 31.2 Å². The van der Waals surface area contributed by atoms with Crippen molar-refractivity contribution < 1.29 is 37.9 Å². The van der Waals surface area contributed by atoms with Crippen molar-refractivity contribution in [3.8, 4) is 17.2 Å². The van der Waals surface area contributed by atoms with E-state index in [2.05, 4.69) is 6.92 Å². The van der Waals surface area contributed by atoms with Gasteiger partial charge in [0.25, 0.3) is 0 Å². The first-order valence-electron chi connectivity index (χ1n) is 9.36. The SMILES string of the molecule is CCCCCCOc1ccc(PC(=O)c2c(OC)cccc2OC)c(C)c1.[Li+]. The minimum atomic E-state index is -0.00250. The van der Waals surface area contributed by atoms with Gasteiger partial charge >= 0.3 is 18.9 Å². The van der Waals surface area contributed by atoms with E-state index in [1.165, 1.54) is 19.3 Å². The topological polar surface area (TPSA) is 44.8 Å². The second kappa shape index (κ2) is 12.9. The standard InChI is InChI=1S/C22H29O4P.Li/c1-5-6-7-8-14-26-17-12-13-20(16(2)15-17)27-22(23)21-18(24-3)10-9-11-19(21)25-4;/h9-13,15,27H,5-8,14H2,1-4H3;/q;+1. The molecule has 1 atom stereocenters. The molecule has 0 fully saturated rings. The van der Waals surface area contributed by atoms with Gasteiger partial charge in [0.2, 0.25) is 0 Å². The van der Waals surface area contributed by atoms with Gasteiger partial charge in [-0.15, -0.1) is 0 Å². The predicted molar refractivity (Wildman–Crippen MR) is 113 cm³/mol. The number of rotatable bonds is 11. The van der Waals surface area contributed by atoms with Crippen LogP contribution in [0, 0.1) is 6.92 Å². The molecule has 0 radical (unpaired) electrons. The number of hydrogen-bond acceptors (Lipinski definition) is 4. The van der Waals surface area contributed by atoms with Gasteiger partial charge in [0, 0.05) is 0 Å². The second-order valence-corrected chi connectivity index (χ2v) is 7.62. The summed E-state index contributed by atoms with van der Waals surface area (Å²) in [6, 6.07) is 11.3. The van der Waals surface area contributed by atoms with E-state index in [9.17, 15) is 4.79 Å². The minimum Gasteiger partial charge on any atom is -0.496 e. The summed E-state index contributed by atoms with van der Waals surface area (Å²) in [7, 11) is 3.12. The Morgan fingerprint density at radius 3 is 2.25 bits per heavy atom. The van der Waals surface area contributed by atoms with Crippen molar-refractivity contribution in [2.24, 2.45) is 0 Å². The Labute approximate surface area is 182 Å². The third-order valence-corrected chi connectivity index (χ3v) is 5.67. The summed E-state index contributed by atoms with van der Waals surface area (Å²) < 4.78 is 16.5. The van der Waals surface area contributed by atoms with Gasteiger partial charge in [0.1, 0.15) is 22.8 Å². The molecule has 0 amide bonds. The van der Waals surface area contributed by atoms with E-state index in [0.717, 1.165) is 29.6 Å². The van der Waals surface area contributed by atoms with E-state index < -0.39 is 0 Å². The molecule has 0 saturated carbocycles. The van der Waals surface area contributed by atoms with Crippen molar-refractivity contribution in [1.29, 1.82) is 0 Å². The molecule has 1 unspecified atom stereocenters. The van der Waals surface area contributed by atoms with E-state index in [-0.39, 0.29) is 33.0 Å². The minimum absolute atomic E-state index is 0. The Bertz CT molecular complexity index is 742. The quantitative estimate of drug-likeness (QED) is 0.332. The van der Waals surface area contributed by atoms with Crippen LogP contribution >= 0.6 is 8.58 Å². The zero-order chi connectivity index (χ0) is 19.6. The molecule has 2 aromatic rings. The summed E-state index contributed by atoms with van der Waals surface area (Å²) in [5.74, 6) is 1.94. The molecule has 28 heavy (non-hydrogen) atoms. The Morgan fingerprint density at radius 1 is 1.00 bits per heavy atom. The van der Waals surface area contributed by atoms with Crippen LogP contribution in [0.1, 0.15) is 48.5 Å². The van der Waals surface area contributed by atoms with Crippen molar-refractivity contribution >= 4 is 19.4 Å². The first-order valence-corrected chi connectivity index (χ1v) is 10.4. The van der Waals surface area contributed by atoms with Gasteiger partial charge in [-0.25, -0.2) is 0 Å². The average molecular weight is 395 g/mol. The molecule has 0 spiro atoms. The molecule has 0 saturated heterocycles. The van der Waals surface area contributed by atoms with E-state index in [4.69, 9.17) is 14.2 Å². The third kappa shape index (κ3) is 6.85. The fraction of sp³-hybridized carbons (Fsp3) is 0.409. The van der Waals surface area contributed by atoms with Gasteiger partial charge in [-0.05, 0) is 57.1 Å². The number of carbonyl (C=O) groups excluding carboxylic acids is 1. The molecule has 2 aromatic carbocycles. The van der Waals surface area contributed by atoms with Crippen molar-refractivity contribution in [2.75, 3.05) is 20.8 Å². The number of benzene rings is 2. The molecule has 0 aromatic heterocycles. The number of methoxy groups -OCH3 is 2. The van der Waals surface area contributed by atoms with Gasteiger partial charge in [-0.3, -0.25) is 4.79 Å². The van der Waals surface area contributed by atoms with Gasteiger partial charge < -0.3 is 14.2 Å². The van der Waals surface area contributed by atoms with Crippen LogP contribution < -0.4 is 38.4 Å². The van der Waals surface area contributed by atoms with Crippen LogP contribution in [-0.2, 0) is 0 Å². The fourth-order valence-electron chi connectivity index (χ4n) is 2.84. The zero-order valence-corrected chi connectivity index (χ0v) is 18.6. The Balaban J connectivity index is 0.00000392. The first kappa shape index (κ1) is 24.6. The molecular formula is C22H29LiO4P+. The molecule has 0 heterocycles. The Hall–Kier alpha value is -1.46. The maximum Gasteiger partial charge on any atom is 1.00 e. The summed E-state index contributed by atoms with van der Waals surface area (Å²) in [6.45, 7) is 4.95.